The van der Waals surface area contributed by atoms with Crippen LogP contribution in [0.5, 0.6) is 0 Å². The summed E-state index contributed by atoms with van der Waals surface area (Å²) in [6, 6.07) is 0.781. The maximum Gasteiger partial charge on any atom is 0.0590 e. The summed E-state index contributed by atoms with van der Waals surface area (Å²) in [7, 11) is 0. The zero-order valence-corrected chi connectivity index (χ0v) is 13.0. The molecule has 20 heavy (non-hydrogen) atoms. The fraction of sp³-hybridized carbons (Fsp3) is 1.00. The lowest BCUT2D eigenvalue weighted by Gasteiger charge is -2.46. The van der Waals surface area contributed by atoms with Crippen molar-refractivity contribution in [2.45, 2.75) is 63.1 Å². The van der Waals surface area contributed by atoms with Crippen LogP contribution < -0.4 is 5.73 Å². The van der Waals surface area contributed by atoms with Crippen LogP contribution in [-0.4, -0.2) is 66.8 Å². The van der Waals surface area contributed by atoms with E-state index in [1.807, 2.05) is 0 Å². The molecule has 3 unspecified atom stereocenters. The van der Waals surface area contributed by atoms with E-state index in [1.54, 1.807) is 0 Å². The third-order valence-corrected chi connectivity index (χ3v) is 5.86. The first-order chi connectivity index (χ1) is 9.77. The summed E-state index contributed by atoms with van der Waals surface area (Å²) in [5.41, 5.74) is 6.44. The minimum Gasteiger partial charge on any atom is -0.378 e. The first kappa shape index (κ1) is 14.8. The molecule has 3 fully saturated rings. The van der Waals surface area contributed by atoms with E-state index in [9.17, 15) is 0 Å². The topological polar surface area (TPSA) is 41.7 Å². The first-order valence-electron chi connectivity index (χ1n) is 8.58. The standard InChI is InChI=1S/C16H31N3O/c1-2-15-11-16(13-17,6-10-20-15)19-9-5-14(12-19)18-7-3-4-8-18/h14-15H,2-13,17H2,1H3. The van der Waals surface area contributed by atoms with E-state index in [4.69, 9.17) is 10.5 Å². The lowest BCUT2D eigenvalue weighted by molar-refractivity contribution is -0.0670. The molecule has 0 aromatic heterocycles. The van der Waals surface area contributed by atoms with E-state index in [0.717, 1.165) is 38.5 Å². The van der Waals surface area contributed by atoms with Crippen molar-refractivity contribution in [2.75, 3.05) is 39.3 Å². The summed E-state index contributed by atoms with van der Waals surface area (Å²) in [6.07, 6.45) is 7.90. The predicted molar refractivity (Wildman–Crippen MR) is 81.8 cm³/mol. The van der Waals surface area contributed by atoms with Gasteiger partial charge in [-0.05, 0) is 51.6 Å². The average molecular weight is 281 g/mol. The van der Waals surface area contributed by atoms with E-state index in [1.165, 1.54) is 45.4 Å². The molecule has 3 heterocycles. The van der Waals surface area contributed by atoms with Gasteiger partial charge in [-0.15, -0.1) is 0 Å². The third-order valence-electron chi connectivity index (χ3n) is 5.86. The highest BCUT2D eigenvalue weighted by molar-refractivity contribution is 5.00. The van der Waals surface area contributed by atoms with Gasteiger partial charge in [0.1, 0.15) is 0 Å². The SMILES string of the molecule is CCC1CC(CN)(N2CCC(N3CCCC3)C2)CCO1. The number of nitrogens with zero attached hydrogens (tertiary/aromatic N) is 2. The number of hydrogen-bond donors (Lipinski definition) is 1. The molecular formula is C16H31N3O. The molecule has 0 radical (unpaired) electrons. The van der Waals surface area contributed by atoms with E-state index in [0.29, 0.717) is 6.10 Å². The highest BCUT2D eigenvalue weighted by Crippen LogP contribution is 2.35. The monoisotopic (exact) mass is 281 g/mol. The molecule has 4 heteroatoms. The van der Waals surface area contributed by atoms with Crippen molar-refractivity contribution in [3.05, 3.63) is 0 Å². The van der Waals surface area contributed by atoms with Crippen molar-refractivity contribution < 1.29 is 4.74 Å². The molecule has 3 aliphatic heterocycles. The van der Waals surface area contributed by atoms with Crippen LogP contribution in [-0.2, 0) is 4.74 Å². The molecule has 4 nitrogen and oxygen atoms in total. The van der Waals surface area contributed by atoms with Crippen LogP contribution >= 0.6 is 0 Å². The van der Waals surface area contributed by atoms with Crippen molar-refractivity contribution in [1.82, 2.24) is 9.80 Å². The summed E-state index contributed by atoms with van der Waals surface area (Å²) in [4.78, 5) is 5.42. The van der Waals surface area contributed by atoms with Gasteiger partial charge in [-0.1, -0.05) is 6.92 Å². The zero-order chi connectivity index (χ0) is 14.0. The number of ether oxygens (including phenoxy) is 1. The van der Waals surface area contributed by atoms with Gasteiger partial charge in [0.05, 0.1) is 6.10 Å². The summed E-state index contributed by atoms with van der Waals surface area (Å²) in [5, 5.41) is 0. The first-order valence-corrected chi connectivity index (χ1v) is 8.58. The molecule has 3 atom stereocenters. The maximum absolute atomic E-state index is 6.22. The van der Waals surface area contributed by atoms with E-state index in [-0.39, 0.29) is 5.54 Å². The van der Waals surface area contributed by atoms with E-state index >= 15 is 0 Å². The van der Waals surface area contributed by atoms with Gasteiger partial charge in [0.15, 0.2) is 0 Å². The summed E-state index contributed by atoms with van der Waals surface area (Å²) >= 11 is 0. The highest BCUT2D eigenvalue weighted by Gasteiger charge is 2.44. The number of hydrogen-bond acceptors (Lipinski definition) is 4. The van der Waals surface area contributed by atoms with E-state index in [2.05, 4.69) is 16.7 Å². The Morgan fingerprint density at radius 2 is 2.05 bits per heavy atom. The normalized spacial score (nSPS) is 40.5. The molecule has 0 bridgehead atoms. The average Bonchev–Trinajstić information content (AvgIpc) is 3.17. The summed E-state index contributed by atoms with van der Waals surface area (Å²) in [6.45, 7) is 9.00. The predicted octanol–water partition coefficient (Wildman–Crippen LogP) is 1.44. The van der Waals surface area contributed by atoms with Crippen molar-refractivity contribution in [3.63, 3.8) is 0 Å². The number of likely N-dealkylation sites (tertiary alicyclic amines) is 2. The van der Waals surface area contributed by atoms with Crippen molar-refractivity contribution in [2.24, 2.45) is 5.73 Å². The van der Waals surface area contributed by atoms with Gasteiger partial charge in [-0.2, -0.15) is 0 Å². The maximum atomic E-state index is 6.22. The lowest BCUT2D eigenvalue weighted by Crippen LogP contribution is -2.58. The van der Waals surface area contributed by atoms with Crippen LogP contribution in [0, 0.1) is 0 Å². The highest BCUT2D eigenvalue weighted by atomic mass is 16.5. The molecule has 0 amide bonds. The van der Waals surface area contributed by atoms with Gasteiger partial charge in [0.25, 0.3) is 0 Å². The fourth-order valence-electron chi connectivity index (χ4n) is 4.44. The molecule has 116 valence electrons. The van der Waals surface area contributed by atoms with Crippen molar-refractivity contribution >= 4 is 0 Å². The molecule has 0 aliphatic carbocycles. The van der Waals surface area contributed by atoms with Gasteiger partial charge >= 0.3 is 0 Å². The second kappa shape index (κ2) is 6.30. The lowest BCUT2D eigenvalue weighted by atomic mass is 9.84. The van der Waals surface area contributed by atoms with Crippen LogP contribution in [0.1, 0.15) is 45.4 Å². The van der Waals surface area contributed by atoms with E-state index < -0.39 is 0 Å². The number of rotatable bonds is 4. The Balaban J connectivity index is 1.64. The Labute approximate surface area is 123 Å². The Morgan fingerprint density at radius 1 is 1.25 bits per heavy atom. The van der Waals surface area contributed by atoms with Crippen molar-refractivity contribution in [3.8, 4) is 0 Å². The largest absolute Gasteiger partial charge is 0.378 e. The Kier molecular flexibility index (Phi) is 4.65. The zero-order valence-electron chi connectivity index (χ0n) is 13.0. The number of nitrogens with two attached hydrogens (primary N) is 1. The second-order valence-electron chi connectivity index (χ2n) is 6.92. The van der Waals surface area contributed by atoms with Gasteiger partial charge in [-0.25, -0.2) is 0 Å². The molecule has 3 rings (SSSR count). The molecule has 3 aliphatic rings. The second-order valence-corrected chi connectivity index (χ2v) is 6.92. The molecule has 0 saturated carbocycles. The Morgan fingerprint density at radius 3 is 2.75 bits per heavy atom. The van der Waals surface area contributed by atoms with Gasteiger partial charge in [-0.3, -0.25) is 9.80 Å². The Bertz CT molecular complexity index is 319. The van der Waals surface area contributed by atoms with Gasteiger partial charge in [0.2, 0.25) is 0 Å². The summed E-state index contributed by atoms with van der Waals surface area (Å²) in [5.74, 6) is 0. The van der Waals surface area contributed by atoms with Crippen LogP contribution in [0.4, 0.5) is 0 Å². The van der Waals surface area contributed by atoms with Gasteiger partial charge < -0.3 is 10.5 Å². The van der Waals surface area contributed by atoms with Crippen LogP contribution in [0.2, 0.25) is 0 Å². The van der Waals surface area contributed by atoms with Gasteiger partial charge in [0, 0.05) is 37.8 Å². The molecule has 2 N–H and O–H groups in total. The Hall–Kier alpha value is -0.160. The quantitative estimate of drug-likeness (QED) is 0.847. The summed E-state index contributed by atoms with van der Waals surface area (Å²) < 4.78 is 5.88. The molecule has 3 saturated heterocycles. The van der Waals surface area contributed by atoms with Crippen LogP contribution in [0.15, 0.2) is 0 Å². The minimum atomic E-state index is 0.216. The third kappa shape index (κ3) is 2.76. The molecule has 0 aromatic rings. The molecule has 0 aromatic carbocycles. The molecule has 0 spiro atoms. The smallest absolute Gasteiger partial charge is 0.0590 e. The van der Waals surface area contributed by atoms with Crippen LogP contribution in [0.25, 0.3) is 0 Å². The van der Waals surface area contributed by atoms with Crippen LogP contribution in [0.3, 0.4) is 0 Å². The fourth-order valence-corrected chi connectivity index (χ4v) is 4.44. The van der Waals surface area contributed by atoms with Crippen molar-refractivity contribution in [1.29, 1.82) is 0 Å². The molecular weight excluding hydrogens is 250 g/mol. The minimum absolute atomic E-state index is 0.216.